The molecule has 0 radical (unpaired) electrons. The Hall–Kier alpha value is -3.22. The summed E-state index contributed by atoms with van der Waals surface area (Å²) in [6.45, 7) is 0. The third-order valence-corrected chi connectivity index (χ3v) is 4.31. The van der Waals surface area contributed by atoms with Crippen LogP contribution in [0.4, 0.5) is 5.69 Å². The number of carbonyl (C=O) groups excluding carboxylic acids is 1. The van der Waals surface area contributed by atoms with Gasteiger partial charge in [-0.05, 0) is 53.1 Å². The minimum absolute atomic E-state index is 0.0749. The van der Waals surface area contributed by atoms with E-state index in [0.717, 1.165) is 41.2 Å². The third kappa shape index (κ3) is 3.56. The Morgan fingerprint density at radius 2 is 2.04 bits per heavy atom. The number of methoxy groups -OCH3 is 1. The zero-order valence-electron chi connectivity index (χ0n) is 14.4. The summed E-state index contributed by atoms with van der Waals surface area (Å²) in [6, 6.07) is 15.5. The zero-order chi connectivity index (χ0) is 17.9. The summed E-state index contributed by atoms with van der Waals surface area (Å²) in [5.74, 6) is 1.43. The lowest BCUT2D eigenvalue weighted by molar-refractivity contribution is -0.115. The van der Waals surface area contributed by atoms with Gasteiger partial charge in [-0.15, -0.1) is 5.10 Å². The van der Waals surface area contributed by atoms with E-state index in [-0.39, 0.29) is 5.91 Å². The van der Waals surface area contributed by atoms with Crippen LogP contribution in [0.15, 0.2) is 48.5 Å². The Balaban J connectivity index is 1.46. The highest BCUT2D eigenvalue weighted by Gasteiger charge is 2.28. The molecule has 132 valence electrons. The van der Waals surface area contributed by atoms with Gasteiger partial charge in [0.25, 0.3) is 0 Å². The number of tetrazole rings is 1. The van der Waals surface area contributed by atoms with E-state index in [1.54, 1.807) is 7.11 Å². The number of anilines is 1. The molecule has 1 amide bonds. The smallest absolute Gasteiger partial charge is 0.228 e. The average Bonchev–Trinajstić information content (AvgIpc) is 3.39. The van der Waals surface area contributed by atoms with Gasteiger partial charge in [0.2, 0.25) is 5.91 Å². The first-order valence-corrected chi connectivity index (χ1v) is 8.54. The molecule has 0 unspecified atom stereocenters. The van der Waals surface area contributed by atoms with Crippen LogP contribution in [0, 0.1) is 0 Å². The van der Waals surface area contributed by atoms with Gasteiger partial charge in [-0.2, -0.15) is 0 Å². The topological polar surface area (TPSA) is 81.9 Å². The van der Waals surface area contributed by atoms with Gasteiger partial charge in [0.1, 0.15) is 5.75 Å². The molecule has 1 fully saturated rings. The van der Waals surface area contributed by atoms with Crippen molar-refractivity contribution in [2.24, 2.45) is 0 Å². The summed E-state index contributed by atoms with van der Waals surface area (Å²) in [5, 5.41) is 14.9. The molecular formula is C19H19N5O2. The molecule has 3 aromatic rings. The number of carbonyl (C=O) groups is 1. The number of hydrogen-bond donors (Lipinski definition) is 1. The summed E-state index contributed by atoms with van der Waals surface area (Å²) in [7, 11) is 1.62. The van der Waals surface area contributed by atoms with Crippen LogP contribution in [0.1, 0.15) is 24.4 Å². The quantitative estimate of drug-likeness (QED) is 0.740. The highest BCUT2D eigenvalue weighted by Crippen LogP contribution is 2.36. The fourth-order valence-corrected chi connectivity index (χ4v) is 2.82. The Morgan fingerprint density at radius 3 is 2.77 bits per heavy atom. The van der Waals surface area contributed by atoms with Gasteiger partial charge < -0.3 is 10.1 Å². The summed E-state index contributed by atoms with van der Waals surface area (Å²) in [4.78, 5) is 12.3. The first kappa shape index (κ1) is 16.3. The number of aromatic nitrogens is 4. The second kappa shape index (κ2) is 6.95. The second-order valence-electron chi connectivity index (χ2n) is 6.33. The van der Waals surface area contributed by atoms with Crippen molar-refractivity contribution in [2.45, 2.75) is 25.3 Å². The molecule has 0 aliphatic heterocycles. The van der Waals surface area contributed by atoms with Crippen molar-refractivity contribution in [1.29, 1.82) is 0 Å². The molecule has 4 rings (SSSR count). The van der Waals surface area contributed by atoms with Gasteiger partial charge in [0, 0.05) is 11.3 Å². The maximum absolute atomic E-state index is 12.3. The van der Waals surface area contributed by atoms with Gasteiger partial charge in [-0.3, -0.25) is 4.79 Å². The first-order valence-electron chi connectivity index (χ1n) is 8.54. The van der Waals surface area contributed by atoms with Gasteiger partial charge in [0.05, 0.1) is 19.6 Å². The molecule has 0 saturated heterocycles. The van der Waals surface area contributed by atoms with Crippen molar-refractivity contribution in [3.8, 4) is 17.1 Å². The molecule has 7 heteroatoms. The molecule has 1 saturated carbocycles. The van der Waals surface area contributed by atoms with E-state index in [9.17, 15) is 4.79 Å². The van der Waals surface area contributed by atoms with Gasteiger partial charge in [-0.1, -0.05) is 24.3 Å². The number of amides is 1. The van der Waals surface area contributed by atoms with Crippen molar-refractivity contribution < 1.29 is 9.53 Å². The Labute approximate surface area is 151 Å². The summed E-state index contributed by atoms with van der Waals surface area (Å²) in [5.41, 5.74) is 2.55. The van der Waals surface area contributed by atoms with Crippen LogP contribution < -0.4 is 10.1 Å². The lowest BCUT2D eigenvalue weighted by atomic mass is 10.1. The standard InChI is InChI=1S/C19H19N5O2/c1-26-17-9-5-13(6-10-17)11-18(25)20-15-4-2-3-14(12-15)19-21-22-23-24(19)16-7-8-16/h2-6,9-10,12,16H,7-8,11H2,1H3,(H,20,25). The van der Waals surface area contributed by atoms with Gasteiger partial charge in [0.15, 0.2) is 5.82 Å². The molecule has 1 N–H and O–H groups in total. The zero-order valence-corrected chi connectivity index (χ0v) is 14.4. The Bertz CT molecular complexity index is 916. The molecular weight excluding hydrogens is 330 g/mol. The number of nitrogens with zero attached hydrogens (tertiary/aromatic N) is 4. The van der Waals surface area contributed by atoms with Crippen molar-refractivity contribution in [2.75, 3.05) is 12.4 Å². The van der Waals surface area contributed by atoms with E-state index in [0.29, 0.717) is 12.5 Å². The Kier molecular flexibility index (Phi) is 4.35. The highest BCUT2D eigenvalue weighted by molar-refractivity contribution is 5.92. The van der Waals surface area contributed by atoms with E-state index >= 15 is 0 Å². The fourth-order valence-electron chi connectivity index (χ4n) is 2.82. The largest absolute Gasteiger partial charge is 0.497 e. The number of benzene rings is 2. The van der Waals surface area contributed by atoms with E-state index in [4.69, 9.17) is 4.74 Å². The number of ether oxygens (including phenoxy) is 1. The number of nitrogens with one attached hydrogen (secondary N) is 1. The van der Waals surface area contributed by atoms with E-state index in [1.165, 1.54) is 0 Å². The van der Waals surface area contributed by atoms with Gasteiger partial charge >= 0.3 is 0 Å². The third-order valence-electron chi connectivity index (χ3n) is 4.31. The summed E-state index contributed by atoms with van der Waals surface area (Å²) >= 11 is 0. The fraction of sp³-hybridized carbons (Fsp3) is 0.263. The van der Waals surface area contributed by atoms with Crippen LogP contribution in [0.3, 0.4) is 0 Å². The van der Waals surface area contributed by atoms with Crippen molar-refractivity contribution in [1.82, 2.24) is 20.2 Å². The summed E-state index contributed by atoms with van der Waals surface area (Å²) < 4.78 is 6.99. The molecule has 0 atom stereocenters. The maximum atomic E-state index is 12.3. The number of rotatable bonds is 6. The van der Waals surface area contributed by atoms with Crippen molar-refractivity contribution >= 4 is 11.6 Å². The average molecular weight is 349 g/mol. The minimum Gasteiger partial charge on any atom is -0.497 e. The van der Waals surface area contributed by atoms with Gasteiger partial charge in [-0.25, -0.2) is 4.68 Å². The number of hydrogen-bond acceptors (Lipinski definition) is 5. The second-order valence-corrected chi connectivity index (χ2v) is 6.33. The normalized spacial score (nSPS) is 13.4. The molecule has 26 heavy (non-hydrogen) atoms. The molecule has 1 aliphatic carbocycles. The van der Waals surface area contributed by atoms with Crippen LogP contribution in [0.25, 0.3) is 11.4 Å². The molecule has 7 nitrogen and oxygen atoms in total. The van der Waals surface area contributed by atoms with Crippen LogP contribution in [0.5, 0.6) is 5.75 Å². The van der Waals surface area contributed by atoms with Crippen molar-refractivity contribution in [3.05, 3.63) is 54.1 Å². The molecule has 1 aromatic heterocycles. The van der Waals surface area contributed by atoms with Crippen LogP contribution in [0.2, 0.25) is 0 Å². The monoisotopic (exact) mass is 349 g/mol. The SMILES string of the molecule is COc1ccc(CC(=O)Nc2cccc(-c3nnnn3C3CC3)c2)cc1. The lowest BCUT2D eigenvalue weighted by Crippen LogP contribution is -2.14. The Morgan fingerprint density at radius 1 is 1.23 bits per heavy atom. The molecule has 0 spiro atoms. The van der Waals surface area contributed by atoms with E-state index in [2.05, 4.69) is 20.8 Å². The lowest BCUT2D eigenvalue weighted by Gasteiger charge is -2.08. The van der Waals surface area contributed by atoms with Crippen LogP contribution >= 0.6 is 0 Å². The maximum Gasteiger partial charge on any atom is 0.228 e. The van der Waals surface area contributed by atoms with Crippen LogP contribution in [-0.4, -0.2) is 33.2 Å². The molecule has 0 bridgehead atoms. The minimum atomic E-state index is -0.0749. The molecule has 2 aromatic carbocycles. The van der Waals surface area contributed by atoms with E-state index < -0.39 is 0 Å². The van der Waals surface area contributed by atoms with Crippen molar-refractivity contribution in [3.63, 3.8) is 0 Å². The van der Waals surface area contributed by atoms with E-state index in [1.807, 2.05) is 53.2 Å². The summed E-state index contributed by atoms with van der Waals surface area (Å²) in [6.07, 6.45) is 2.51. The first-order chi connectivity index (χ1) is 12.7. The highest BCUT2D eigenvalue weighted by atomic mass is 16.5. The predicted molar refractivity (Wildman–Crippen MR) is 96.9 cm³/mol. The molecule has 1 heterocycles. The van der Waals surface area contributed by atoms with Crippen LogP contribution in [-0.2, 0) is 11.2 Å². The molecule has 1 aliphatic rings. The predicted octanol–water partition coefficient (Wildman–Crippen LogP) is 2.86.